The van der Waals surface area contributed by atoms with Crippen molar-refractivity contribution in [1.82, 2.24) is 14.8 Å². The molecule has 1 unspecified atom stereocenters. The average Bonchev–Trinajstić information content (AvgIpc) is 3.05. The fraction of sp³-hybridized carbons (Fsp3) is 0.118. The predicted molar refractivity (Wildman–Crippen MR) is 91.6 cm³/mol. The zero-order valence-electron chi connectivity index (χ0n) is 13.5. The number of anilines is 1. The van der Waals surface area contributed by atoms with E-state index in [0.29, 0.717) is 11.2 Å². The fourth-order valence-corrected chi connectivity index (χ4v) is 2.99. The zero-order valence-corrected chi connectivity index (χ0v) is 14.3. The summed E-state index contributed by atoms with van der Waals surface area (Å²) in [6, 6.07) is 8.96. The molecular weight excluding hydrogens is 365 g/mol. The Morgan fingerprint density at radius 3 is 2.65 bits per heavy atom. The summed E-state index contributed by atoms with van der Waals surface area (Å²) in [6.07, 6.45) is 1.34. The van der Waals surface area contributed by atoms with E-state index >= 15 is 0 Å². The summed E-state index contributed by atoms with van der Waals surface area (Å²) in [5.41, 5.74) is 0.122. The number of thioether (sulfide) groups is 1. The maximum Gasteiger partial charge on any atom is 0.237 e. The number of para-hydroxylation sites is 1. The zero-order chi connectivity index (χ0) is 18.7. The summed E-state index contributed by atoms with van der Waals surface area (Å²) >= 11 is 1.03. The molecule has 1 N–H and O–H groups in total. The van der Waals surface area contributed by atoms with Crippen LogP contribution < -0.4 is 5.32 Å². The normalized spacial score (nSPS) is 12.0. The molecule has 5 nitrogen and oxygen atoms in total. The highest BCUT2D eigenvalue weighted by Crippen LogP contribution is 2.26. The van der Waals surface area contributed by atoms with Gasteiger partial charge in [0.05, 0.1) is 16.6 Å². The predicted octanol–water partition coefficient (Wildman–Crippen LogP) is 3.80. The summed E-state index contributed by atoms with van der Waals surface area (Å²) in [5, 5.41) is 9.65. The molecule has 1 atom stereocenters. The first-order valence-electron chi connectivity index (χ1n) is 7.53. The van der Waals surface area contributed by atoms with Crippen LogP contribution >= 0.6 is 11.8 Å². The smallest absolute Gasteiger partial charge is 0.237 e. The maximum atomic E-state index is 14.0. The van der Waals surface area contributed by atoms with Gasteiger partial charge in [-0.05, 0) is 31.2 Å². The number of halogens is 3. The highest BCUT2D eigenvalue weighted by atomic mass is 32.2. The Morgan fingerprint density at radius 1 is 1.15 bits per heavy atom. The van der Waals surface area contributed by atoms with E-state index in [0.717, 1.165) is 23.9 Å². The SMILES string of the molecule is CC(Sc1nncn1-c1ccccc1F)C(=O)Nc1ccc(F)cc1F. The van der Waals surface area contributed by atoms with E-state index in [-0.39, 0.29) is 11.4 Å². The first-order chi connectivity index (χ1) is 12.5. The highest BCUT2D eigenvalue weighted by molar-refractivity contribution is 8.00. The lowest BCUT2D eigenvalue weighted by Gasteiger charge is -2.13. The Balaban J connectivity index is 1.74. The van der Waals surface area contributed by atoms with Crippen molar-refractivity contribution in [2.75, 3.05) is 5.32 Å². The molecule has 0 spiro atoms. The van der Waals surface area contributed by atoms with Crippen molar-refractivity contribution in [2.24, 2.45) is 0 Å². The fourth-order valence-electron chi connectivity index (χ4n) is 2.15. The quantitative estimate of drug-likeness (QED) is 0.686. The number of rotatable bonds is 5. The first kappa shape index (κ1) is 18.0. The number of benzene rings is 2. The standard InChI is InChI=1S/C17H13F3N4OS/c1-10(16(25)22-14-7-6-11(18)8-13(14)20)26-17-23-21-9-24(17)15-5-3-2-4-12(15)19/h2-10H,1H3,(H,22,25). The number of aromatic nitrogens is 3. The largest absolute Gasteiger partial charge is 0.323 e. The molecule has 1 aromatic heterocycles. The number of nitrogens with one attached hydrogen (secondary N) is 1. The van der Waals surface area contributed by atoms with Crippen LogP contribution in [0.3, 0.4) is 0 Å². The monoisotopic (exact) mass is 378 g/mol. The van der Waals surface area contributed by atoms with Crippen molar-refractivity contribution in [1.29, 1.82) is 0 Å². The van der Waals surface area contributed by atoms with Crippen LogP contribution in [0.5, 0.6) is 0 Å². The molecular formula is C17H13F3N4OS. The van der Waals surface area contributed by atoms with Crippen molar-refractivity contribution in [3.63, 3.8) is 0 Å². The maximum absolute atomic E-state index is 14.0. The molecule has 0 aliphatic carbocycles. The summed E-state index contributed by atoms with van der Waals surface area (Å²) in [4.78, 5) is 12.3. The second-order valence-corrected chi connectivity index (χ2v) is 6.62. The van der Waals surface area contributed by atoms with Crippen molar-refractivity contribution >= 4 is 23.4 Å². The first-order valence-corrected chi connectivity index (χ1v) is 8.41. The van der Waals surface area contributed by atoms with E-state index in [1.54, 1.807) is 25.1 Å². The van der Waals surface area contributed by atoms with Crippen LogP contribution in [0.25, 0.3) is 5.69 Å². The van der Waals surface area contributed by atoms with Crippen molar-refractivity contribution in [3.8, 4) is 5.69 Å². The lowest BCUT2D eigenvalue weighted by molar-refractivity contribution is -0.115. The Kier molecular flexibility index (Phi) is 5.27. The van der Waals surface area contributed by atoms with E-state index in [1.165, 1.54) is 17.0 Å². The molecule has 26 heavy (non-hydrogen) atoms. The third-order valence-electron chi connectivity index (χ3n) is 3.47. The second kappa shape index (κ2) is 7.61. The van der Waals surface area contributed by atoms with E-state index in [1.807, 2.05) is 0 Å². The van der Waals surface area contributed by atoms with E-state index < -0.39 is 28.6 Å². The van der Waals surface area contributed by atoms with Gasteiger partial charge in [-0.1, -0.05) is 23.9 Å². The molecule has 1 heterocycles. The number of hydrogen-bond donors (Lipinski definition) is 1. The van der Waals surface area contributed by atoms with E-state index in [2.05, 4.69) is 15.5 Å². The topological polar surface area (TPSA) is 59.8 Å². The molecule has 1 amide bonds. The van der Waals surface area contributed by atoms with Crippen molar-refractivity contribution in [3.05, 3.63) is 66.2 Å². The summed E-state index contributed by atoms with van der Waals surface area (Å²) in [5.74, 6) is -2.57. The van der Waals surface area contributed by atoms with Gasteiger partial charge in [-0.3, -0.25) is 9.36 Å². The van der Waals surface area contributed by atoms with Crippen LogP contribution in [0.2, 0.25) is 0 Å². The van der Waals surface area contributed by atoms with Crippen LogP contribution in [0.4, 0.5) is 18.9 Å². The molecule has 0 aliphatic heterocycles. The number of nitrogens with zero attached hydrogens (tertiary/aromatic N) is 3. The van der Waals surface area contributed by atoms with Gasteiger partial charge in [-0.15, -0.1) is 10.2 Å². The molecule has 0 aliphatic rings. The molecule has 134 valence electrons. The van der Waals surface area contributed by atoms with Gasteiger partial charge in [-0.2, -0.15) is 0 Å². The van der Waals surface area contributed by atoms with Gasteiger partial charge in [0.2, 0.25) is 5.91 Å². The van der Waals surface area contributed by atoms with Gasteiger partial charge in [0.25, 0.3) is 0 Å². The molecule has 0 saturated heterocycles. The minimum Gasteiger partial charge on any atom is -0.323 e. The van der Waals surface area contributed by atoms with Crippen LogP contribution in [0, 0.1) is 17.5 Å². The Labute approximate surface area is 151 Å². The molecule has 0 fully saturated rings. The summed E-state index contributed by atoms with van der Waals surface area (Å²) in [6.45, 7) is 1.59. The van der Waals surface area contributed by atoms with Gasteiger partial charge in [0.1, 0.15) is 23.8 Å². The molecule has 3 aromatic rings. The van der Waals surface area contributed by atoms with E-state index in [4.69, 9.17) is 0 Å². The molecule has 0 bridgehead atoms. The highest BCUT2D eigenvalue weighted by Gasteiger charge is 2.20. The Morgan fingerprint density at radius 2 is 1.92 bits per heavy atom. The number of amides is 1. The van der Waals surface area contributed by atoms with Crippen LogP contribution in [0.15, 0.2) is 53.9 Å². The van der Waals surface area contributed by atoms with Crippen LogP contribution in [-0.2, 0) is 4.79 Å². The molecule has 0 saturated carbocycles. The van der Waals surface area contributed by atoms with Gasteiger partial charge >= 0.3 is 0 Å². The molecule has 9 heteroatoms. The van der Waals surface area contributed by atoms with Gasteiger partial charge in [-0.25, -0.2) is 13.2 Å². The minimum atomic E-state index is -0.870. The van der Waals surface area contributed by atoms with Gasteiger partial charge in [0, 0.05) is 6.07 Å². The lowest BCUT2D eigenvalue weighted by Crippen LogP contribution is -2.23. The third-order valence-corrected chi connectivity index (χ3v) is 4.53. The van der Waals surface area contributed by atoms with E-state index in [9.17, 15) is 18.0 Å². The summed E-state index contributed by atoms with van der Waals surface area (Å²) in [7, 11) is 0. The lowest BCUT2D eigenvalue weighted by atomic mass is 10.3. The Hall–Kier alpha value is -2.81. The molecule has 0 radical (unpaired) electrons. The number of hydrogen-bond acceptors (Lipinski definition) is 4. The molecule has 2 aromatic carbocycles. The summed E-state index contributed by atoms with van der Waals surface area (Å²) < 4.78 is 42.0. The minimum absolute atomic E-state index is 0.126. The van der Waals surface area contributed by atoms with Crippen LogP contribution in [0.1, 0.15) is 6.92 Å². The number of carbonyl (C=O) groups is 1. The van der Waals surface area contributed by atoms with Gasteiger partial charge in [0.15, 0.2) is 5.16 Å². The average molecular weight is 378 g/mol. The third kappa shape index (κ3) is 3.88. The van der Waals surface area contributed by atoms with Crippen molar-refractivity contribution < 1.29 is 18.0 Å². The van der Waals surface area contributed by atoms with Gasteiger partial charge < -0.3 is 5.32 Å². The van der Waals surface area contributed by atoms with Crippen molar-refractivity contribution in [2.45, 2.75) is 17.3 Å². The number of carbonyl (C=O) groups excluding carboxylic acids is 1. The molecule has 3 rings (SSSR count). The second-order valence-electron chi connectivity index (χ2n) is 5.31. The van der Waals surface area contributed by atoms with Crippen LogP contribution in [-0.4, -0.2) is 25.9 Å². The Bertz CT molecular complexity index is 947.